The number of hydrogen-bond donors (Lipinski definition) is 1. The number of rotatable bonds is 3. The molecule has 4 aromatic rings. The van der Waals surface area contributed by atoms with Gasteiger partial charge in [0, 0.05) is 12.1 Å². The van der Waals surface area contributed by atoms with Crippen LogP contribution in [0.2, 0.25) is 5.02 Å². The van der Waals surface area contributed by atoms with Crippen LogP contribution in [0.1, 0.15) is 16.4 Å². The van der Waals surface area contributed by atoms with E-state index in [9.17, 15) is 4.79 Å². The Balaban J connectivity index is 1.42. The molecule has 0 saturated carbocycles. The molecule has 2 aromatic heterocycles. The van der Waals surface area contributed by atoms with Crippen LogP contribution in [0, 0.1) is 6.92 Å². The third kappa shape index (κ3) is 3.28. The van der Waals surface area contributed by atoms with Crippen LogP contribution in [0.3, 0.4) is 0 Å². The summed E-state index contributed by atoms with van der Waals surface area (Å²) in [5.74, 6) is 1.47. The zero-order valence-electron chi connectivity index (χ0n) is 15.2. The van der Waals surface area contributed by atoms with Gasteiger partial charge in [0.2, 0.25) is 5.82 Å². The molecule has 1 aliphatic heterocycles. The maximum Gasteiger partial charge on any atom is 0.297 e. The Bertz CT molecular complexity index is 1210. The van der Waals surface area contributed by atoms with Crippen molar-refractivity contribution < 1.29 is 14.3 Å². The molecule has 1 N–H and O–H groups in total. The third-order valence-electron chi connectivity index (χ3n) is 4.33. The SMILES string of the molecule is Cc1nc(C(=O)Nc2nc3cc4c(cc3s2)OCCO4)nn1-c1ccccc1Cl. The lowest BCUT2D eigenvalue weighted by Crippen LogP contribution is -2.15. The predicted octanol–water partition coefficient (Wildman–Crippen LogP) is 3.86. The molecule has 0 radical (unpaired) electrons. The first-order valence-electron chi connectivity index (χ1n) is 8.78. The van der Waals surface area contributed by atoms with E-state index in [1.54, 1.807) is 17.7 Å². The van der Waals surface area contributed by atoms with Crippen LogP contribution in [-0.2, 0) is 0 Å². The van der Waals surface area contributed by atoms with Gasteiger partial charge < -0.3 is 9.47 Å². The molecule has 10 heteroatoms. The van der Waals surface area contributed by atoms with Gasteiger partial charge in [0.05, 0.1) is 20.9 Å². The van der Waals surface area contributed by atoms with E-state index in [-0.39, 0.29) is 5.82 Å². The van der Waals surface area contributed by atoms with Gasteiger partial charge in [-0.2, -0.15) is 0 Å². The molecule has 0 fully saturated rings. The molecule has 1 aliphatic rings. The van der Waals surface area contributed by atoms with E-state index in [1.807, 2.05) is 30.3 Å². The molecule has 8 nitrogen and oxygen atoms in total. The number of carbonyl (C=O) groups is 1. The summed E-state index contributed by atoms with van der Waals surface area (Å²) >= 11 is 7.57. The average molecular weight is 428 g/mol. The molecule has 146 valence electrons. The second-order valence-corrected chi connectivity index (χ2v) is 7.72. The lowest BCUT2D eigenvalue weighted by molar-refractivity contribution is 0.101. The first-order chi connectivity index (χ1) is 14.1. The first-order valence-corrected chi connectivity index (χ1v) is 9.98. The molecule has 0 unspecified atom stereocenters. The van der Waals surface area contributed by atoms with Crippen LogP contribution in [0.5, 0.6) is 11.5 Å². The minimum atomic E-state index is -0.449. The van der Waals surface area contributed by atoms with Crippen molar-refractivity contribution in [2.75, 3.05) is 18.5 Å². The van der Waals surface area contributed by atoms with E-state index in [1.165, 1.54) is 11.3 Å². The Morgan fingerprint density at radius 2 is 1.93 bits per heavy atom. The second-order valence-electron chi connectivity index (χ2n) is 6.28. The number of carbonyl (C=O) groups excluding carboxylic acids is 1. The standard InChI is InChI=1S/C19H14ClN5O3S/c1-10-21-17(24-25(10)13-5-3-2-4-11(13)20)18(26)23-19-22-12-8-14-15(9-16(12)29-19)28-7-6-27-14/h2-5,8-9H,6-7H2,1H3,(H,22,23,26). The Morgan fingerprint density at radius 3 is 2.72 bits per heavy atom. The smallest absolute Gasteiger partial charge is 0.297 e. The quantitative estimate of drug-likeness (QED) is 0.533. The topological polar surface area (TPSA) is 91.2 Å². The molecule has 29 heavy (non-hydrogen) atoms. The van der Waals surface area contributed by atoms with E-state index >= 15 is 0 Å². The molecular formula is C19H14ClN5O3S. The number of aryl methyl sites for hydroxylation is 1. The van der Waals surface area contributed by atoms with E-state index < -0.39 is 5.91 Å². The molecule has 0 spiro atoms. The predicted molar refractivity (Wildman–Crippen MR) is 110 cm³/mol. The summed E-state index contributed by atoms with van der Waals surface area (Å²) in [6.45, 7) is 2.78. The van der Waals surface area contributed by atoms with E-state index in [0.29, 0.717) is 46.4 Å². The van der Waals surface area contributed by atoms with Gasteiger partial charge in [-0.25, -0.2) is 14.6 Å². The summed E-state index contributed by atoms with van der Waals surface area (Å²) in [6.07, 6.45) is 0. The highest BCUT2D eigenvalue weighted by Gasteiger charge is 2.19. The number of anilines is 1. The van der Waals surface area contributed by atoms with Crippen LogP contribution >= 0.6 is 22.9 Å². The largest absolute Gasteiger partial charge is 0.486 e. The highest BCUT2D eigenvalue weighted by atomic mass is 35.5. The zero-order valence-corrected chi connectivity index (χ0v) is 16.8. The van der Waals surface area contributed by atoms with Crippen LogP contribution in [0.4, 0.5) is 5.13 Å². The number of halogens is 1. The minimum Gasteiger partial charge on any atom is -0.486 e. The molecule has 0 aliphatic carbocycles. The zero-order chi connectivity index (χ0) is 20.0. The van der Waals surface area contributed by atoms with Gasteiger partial charge in [0.15, 0.2) is 16.6 Å². The number of hydrogen-bond acceptors (Lipinski definition) is 7. The maximum absolute atomic E-state index is 12.7. The third-order valence-corrected chi connectivity index (χ3v) is 5.58. The van der Waals surface area contributed by atoms with Crippen LogP contribution < -0.4 is 14.8 Å². The molecule has 1 amide bonds. The van der Waals surface area contributed by atoms with E-state index in [4.69, 9.17) is 21.1 Å². The van der Waals surface area contributed by atoms with Crippen molar-refractivity contribution >= 4 is 44.2 Å². The summed E-state index contributed by atoms with van der Waals surface area (Å²) < 4.78 is 13.6. The molecule has 0 atom stereocenters. The Kier molecular flexibility index (Phi) is 4.33. The van der Waals surface area contributed by atoms with Crippen molar-refractivity contribution in [3.05, 3.63) is 53.1 Å². The monoisotopic (exact) mass is 427 g/mol. The maximum atomic E-state index is 12.7. The highest BCUT2D eigenvalue weighted by Crippen LogP contribution is 2.37. The fraction of sp³-hybridized carbons (Fsp3) is 0.158. The van der Waals surface area contributed by atoms with Crippen molar-refractivity contribution in [2.45, 2.75) is 6.92 Å². The highest BCUT2D eigenvalue weighted by molar-refractivity contribution is 7.22. The summed E-state index contributed by atoms with van der Waals surface area (Å²) in [7, 11) is 0. The van der Waals surface area contributed by atoms with Crippen molar-refractivity contribution in [1.82, 2.24) is 19.7 Å². The number of para-hydroxylation sites is 1. The average Bonchev–Trinajstić information content (AvgIpc) is 3.29. The lowest BCUT2D eigenvalue weighted by Gasteiger charge is -2.17. The molecular weight excluding hydrogens is 414 g/mol. The molecule has 5 rings (SSSR count). The van der Waals surface area contributed by atoms with Gasteiger partial charge in [-0.15, -0.1) is 5.10 Å². The van der Waals surface area contributed by atoms with Gasteiger partial charge >= 0.3 is 0 Å². The number of amides is 1. The summed E-state index contributed by atoms with van der Waals surface area (Å²) in [6, 6.07) is 10.9. The Morgan fingerprint density at radius 1 is 1.17 bits per heavy atom. The number of ether oxygens (including phenoxy) is 2. The van der Waals surface area contributed by atoms with E-state index in [0.717, 1.165) is 10.2 Å². The minimum absolute atomic E-state index is 0.0348. The second kappa shape index (κ2) is 7.02. The van der Waals surface area contributed by atoms with Crippen LogP contribution in [-0.4, -0.2) is 38.9 Å². The van der Waals surface area contributed by atoms with Gasteiger partial charge in [-0.1, -0.05) is 35.1 Å². The fourth-order valence-corrected chi connectivity index (χ4v) is 4.10. The number of nitrogens with zero attached hydrogens (tertiary/aromatic N) is 4. The van der Waals surface area contributed by atoms with Gasteiger partial charge in [0.1, 0.15) is 19.0 Å². The molecule has 3 heterocycles. The Labute approximate surface area is 174 Å². The van der Waals surface area contributed by atoms with Crippen LogP contribution in [0.25, 0.3) is 15.9 Å². The summed E-state index contributed by atoms with van der Waals surface area (Å²) in [4.78, 5) is 21.4. The van der Waals surface area contributed by atoms with Crippen molar-refractivity contribution in [1.29, 1.82) is 0 Å². The van der Waals surface area contributed by atoms with Gasteiger partial charge in [-0.3, -0.25) is 10.1 Å². The van der Waals surface area contributed by atoms with Gasteiger partial charge in [-0.05, 0) is 19.1 Å². The fourth-order valence-electron chi connectivity index (χ4n) is 3.01. The van der Waals surface area contributed by atoms with Crippen molar-refractivity contribution in [3.8, 4) is 17.2 Å². The molecule has 0 saturated heterocycles. The first kappa shape index (κ1) is 17.9. The normalized spacial score (nSPS) is 12.9. The Hall–Kier alpha value is -3.17. The number of fused-ring (bicyclic) bond motifs is 2. The van der Waals surface area contributed by atoms with E-state index in [2.05, 4.69) is 20.4 Å². The number of aromatic nitrogens is 4. The number of benzene rings is 2. The molecule has 2 aromatic carbocycles. The van der Waals surface area contributed by atoms with Crippen LogP contribution in [0.15, 0.2) is 36.4 Å². The number of thiazole rings is 1. The lowest BCUT2D eigenvalue weighted by atomic mass is 10.3. The summed E-state index contributed by atoms with van der Waals surface area (Å²) in [5, 5.41) is 8.02. The molecule has 0 bridgehead atoms. The van der Waals surface area contributed by atoms with Gasteiger partial charge in [0.25, 0.3) is 5.91 Å². The number of nitrogens with one attached hydrogen (secondary N) is 1. The van der Waals surface area contributed by atoms with Crippen molar-refractivity contribution in [2.24, 2.45) is 0 Å². The summed E-state index contributed by atoms with van der Waals surface area (Å²) in [5.41, 5.74) is 1.38. The van der Waals surface area contributed by atoms with Crippen molar-refractivity contribution in [3.63, 3.8) is 0 Å².